The molecular formula is C7H3N2O. The number of rotatable bonds is 0. The van der Waals surface area contributed by atoms with E-state index in [0.29, 0.717) is 11.3 Å². The summed E-state index contributed by atoms with van der Waals surface area (Å²) in [6.07, 6.45) is 0. The summed E-state index contributed by atoms with van der Waals surface area (Å²) in [7, 11) is 0. The summed E-state index contributed by atoms with van der Waals surface area (Å²) in [5, 5.41) is 6.98. The predicted molar refractivity (Wildman–Crippen MR) is 34.1 cm³/mol. The summed E-state index contributed by atoms with van der Waals surface area (Å²) in [4.78, 5) is 10.8. The molecule has 1 aromatic carbocycles. The normalized spacial score (nSPS) is 13.8. The lowest BCUT2D eigenvalue weighted by atomic mass is 10.2. The lowest BCUT2D eigenvalue weighted by Gasteiger charge is -1.86. The van der Waals surface area contributed by atoms with E-state index in [9.17, 15) is 4.79 Å². The van der Waals surface area contributed by atoms with E-state index in [1.165, 1.54) is 0 Å². The maximum Gasteiger partial charge on any atom is 0.298 e. The van der Waals surface area contributed by atoms with Crippen molar-refractivity contribution in [2.24, 2.45) is 10.2 Å². The van der Waals surface area contributed by atoms with Crippen molar-refractivity contribution in [3.8, 4) is 0 Å². The third-order valence-electron chi connectivity index (χ3n) is 1.30. The molecule has 0 N–H and O–H groups in total. The minimum atomic E-state index is -0.296. The van der Waals surface area contributed by atoms with Gasteiger partial charge in [-0.1, -0.05) is 12.1 Å². The van der Waals surface area contributed by atoms with Gasteiger partial charge in [-0.2, -0.15) is 0 Å². The van der Waals surface area contributed by atoms with Gasteiger partial charge in [-0.15, -0.1) is 10.2 Å². The van der Waals surface area contributed by atoms with Crippen LogP contribution >= 0.6 is 0 Å². The number of carbonyl (C=O) groups excluding carboxylic acids is 1. The Bertz CT molecular complexity index is 317. The van der Waals surface area contributed by atoms with E-state index in [-0.39, 0.29) is 5.91 Å². The van der Waals surface area contributed by atoms with Gasteiger partial charge in [-0.05, 0) is 12.1 Å². The molecule has 0 unspecified atom stereocenters. The van der Waals surface area contributed by atoms with Gasteiger partial charge < -0.3 is 0 Å². The molecule has 1 radical (unpaired) electrons. The van der Waals surface area contributed by atoms with Crippen molar-refractivity contribution < 1.29 is 4.79 Å². The van der Waals surface area contributed by atoms with Crippen molar-refractivity contribution >= 4 is 11.6 Å². The first kappa shape index (κ1) is 5.29. The third kappa shape index (κ3) is 0.572. The highest BCUT2D eigenvalue weighted by molar-refractivity contribution is 6.01. The van der Waals surface area contributed by atoms with Crippen LogP contribution in [-0.2, 0) is 0 Å². The van der Waals surface area contributed by atoms with E-state index in [1.807, 2.05) is 0 Å². The van der Waals surface area contributed by atoms with Crippen molar-refractivity contribution in [3.63, 3.8) is 0 Å². The Kier molecular flexibility index (Phi) is 0.917. The summed E-state index contributed by atoms with van der Waals surface area (Å²) in [6.45, 7) is 0. The number of hydrogen-bond donors (Lipinski definition) is 0. The van der Waals surface area contributed by atoms with Crippen LogP contribution in [-0.4, -0.2) is 5.91 Å². The Morgan fingerprint density at radius 1 is 1.40 bits per heavy atom. The first-order valence-corrected chi connectivity index (χ1v) is 2.85. The molecule has 1 aromatic rings. The highest BCUT2D eigenvalue weighted by Gasteiger charge is 2.15. The molecule has 0 aromatic heterocycles. The van der Waals surface area contributed by atoms with E-state index < -0.39 is 0 Å². The second-order valence-electron chi connectivity index (χ2n) is 1.94. The Morgan fingerprint density at radius 3 is 3.10 bits per heavy atom. The van der Waals surface area contributed by atoms with Gasteiger partial charge in [0.1, 0.15) is 0 Å². The zero-order chi connectivity index (χ0) is 6.97. The zero-order valence-electron chi connectivity index (χ0n) is 5.03. The van der Waals surface area contributed by atoms with Gasteiger partial charge >= 0.3 is 0 Å². The lowest BCUT2D eigenvalue weighted by molar-refractivity contribution is 0.100. The molecule has 1 heterocycles. The molecule has 10 heavy (non-hydrogen) atoms. The second kappa shape index (κ2) is 1.73. The van der Waals surface area contributed by atoms with Crippen LogP contribution in [0, 0.1) is 6.07 Å². The van der Waals surface area contributed by atoms with Crippen molar-refractivity contribution in [2.45, 2.75) is 0 Å². The number of carbonyl (C=O) groups is 1. The van der Waals surface area contributed by atoms with Crippen LogP contribution in [0.25, 0.3) is 0 Å². The summed E-state index contributed by atoms with van der Waals surface area (Å²) >= 11 is 0. The quantitative estimate of drug-likeness (QED) is 0.528. The average Bonchev–Trinajstić information content (AvgIpc) is 2.34. The fourth-order valence-electron chi connectivity index (χ4n) is 0.832. The van der Waals surface area contributed by atoms with Gasteiger partial charge in [0.2, 0.25) is 0 Å². The van der Waals surface area contributed by atoms with E-state index >= 15 is 0 Å². The topological polar surface area (TPSA) is 41.8 Å². The van der Waals surface area contributed by atoms with Crippen LogP contribution in [0.15, 0.2) is 28.4 Å². The van der Waals surface area contributed by atoms with Crippen LogP contribution in [0.5, 0.6) is 0 Å². The van der Waals surface area contributed by atoms with Crippen molar-refractivity contribution in [1.82, 2.24) is 0 Å². The third-order valence-corrected chi connectivity index (χ3v) is 1.30. The average molecular weight is 131 g/mol. The molecule has 0 aliphatic carbocycles. The Balaban J connectivity index is 2.70. The molecule has 2 rings (SSSR count). The number of benzene rings is 1. The molecule has 0 spiro atoms. The molecule has 1 aliphatic rings. The van der Waals surface area contributed by atoms with Crippen LogP contribution in [0.2, 0.25) is 0 Å². The smallest absolute Gasteiger partial charge is 0.265 e. The van der Waals surface area contributed by atoms with Gasteiger partial charge in [0.15, 0.2) is 0 Å². The molecule has 3 heteroatoms. The summed E-state index contributed by atoms with van der Waals surface area (Å²) < 4.78 is 0. The standard InChI is InChI=1S/C7H3N2O/c10-7-5-3-1-2-4-6(5)8-9-7/h1-2,4H. The maximum absolute atomic E-state index is 10.8. The van der Waals surface area contributed by atoms with Gasteiger partial charge in [0.25, 0.3) is 5.91 Å². The van der Waals surface area contributed by atoms with Crippen molar-refractivity contribution in [3.05, 3.63) is 29.8 Å². The molecule has 1 aliphatic heterocycles. The molecule has 0 fully saturated rings. The molecule has 0 saturated heterocycles. The first-order valence-electron chi connectivity index (χ1n) is 2.85. The van der Waals surface area contributed by atoms with E-state index in [1.54, 1.807) is 18.2 Å². The monoisotopic (exact) mass is 131 g/mol. The molecule has 0 atom stereocenters. The van der Waals surface area contributed by atoms with Crippen LogP contribution in [0.4, 0.5) is 5.69 Å². The van der Waals surface area contributed by atoms with Gasteiger partial charge in [0, 0.05) is 0 Å². The minimum Gasteiger partial charge on any atom is -0.265 e. The van der Waals surface area contributed by atoms with Crippen LogP contribution in [0.3, 0.4) is 0 Å². The SMILES string of the molecule is O=C1N=Nc2ccc[c]c21. The zero-order valence-corrected chi connectivity index (χ0v) is 5.03. The lowest BCUT2D eigenvalue weighted by Crippen LogP contribution is -1.86. The molecule has 3 nitrogen and oxygen atoms in total. The summed E-state index contributed by atoms with van der Waals surface area (Å²) in [5.74, 6) is -0.296. The number of fused-ring (bicyclic) bond motifs is 1. The number of amides is 1. The predicted octanol–water partition coefficient (Wildman–Crippen LogP) is 1.72. The van der Waals surface area contributed by atoms with Crippen LogP contribution < -0.4 is 0 Å². The Morgan fingerprint density at radius 2 is 2.30 bits per heavy atom. The number of hydrogen-bond acceptors (Lipinski definition) is 2. The highest BCUT2D eigenvalue weighted by atomic mass is 16.2. The molecule has 0 bridgehead atoms. The van der Waals surface area contributed by atoms with Crippen molar-refractivity contribution in [2.75, 3.05) is 0 Å². The van der Waals surface area contributed by atoms with Crippen molar-refractivity contribution in [1.29, 1.82) is 0 Å². The highest BCUT2D eigenvalue weighted by Crippen LogP contribution is 2.24. The first-order chi connectivity index (χ1) is 4.88. The van der Waals surface area contributed by atoms with E-state index in [2.05, 4.69) is 16.3 Å². The van der Waals surface area contributed by atoms with E-state index in [0.717, 1.165) is 0 Å². The van der Waals surface area contributed by atoms with Gasteiger partial charge in [0.05, 0.1) is 11.3 Å². The molecule has 0 saturated carbocycles. The number of azo groups is 1. The Hall–Kier alpha value is -1.51. The number of nitrogens with zero attached hydrogens (tertiary/aromatic N) is 2. The summed E-state index contributed by atoms with van der Waals surface area (Å²) in [6, 6.07) is 7.95. The van der Waals surface area contributed by atoms with Gasteiger partial charge in [-0.3, -0.25) is 4.79 Å². The van der Waals surface area contributed by atoms with E-state index in [4.69, 9.17) is 0 Å². The van der Waals surface area contributed by atoms with Crippen LogP contribution in [0.1, 0.15) is 10.4 Å². The fourth-order valence-corrected chi connectivity index (χ4v) is 0.832. The molecule has 47 valence electrons. The summed E-state index contributed by atoms with van der Waals surface area (Å²) in [5.41, 5.74) is 1.09. The maximum atomic E-state index is 10.8. The molecular weight excluding hydrogens is 128 g/mol. The second-order valence-corrected chi connectivity index (χ2v) is 1.94. The Labute approximate surface area is 57.4 Å². The minimum absolute atomic E-state index is 0.296. The molecule has 1 amide bonds. The van der Waals surface area contributed by atoms with Gasteiger partial charge in [-0.25, -0.2) is 0 Å². The largest absolute Gasteiger partial charge is 0.298 e. The fraction of sp³-hybridized carbons (Fsp3) is 0.